The van der Waals surface area contributed by atoms with E-state index in [1.54, 1.807) is 17.0 Å². The van der Waals surface area contributed by atoms with E-state index in [2.05, 4.69) is 15.9 Å². The second kappa shape index (κ2) is 5.59. The van der Waals surface area contributed by atoms with Gasteiger partial charge in [-0.25, -0.2) is 0 Å². The molecule has 3 atom stereocenters. The molecular weight excluding hydrogens is 376 g/mol. The summed E-state index contributed by atoms with van der Waals surface area (Å²) in [5, 5.41) is 0. The summed E-state index contributed by atoms with van der Waals surface area (Å²) < 4.78 is 12.2. The second-order valence-electron chi connectivity index (χ2n) is 7.25. The first kappa shape index (κ1) is 16.1. The predicted molar refractivity (Wildman–Crippen MR) is 89.5 cm³/mol. The van der Waals surface area contributed by atoms with E-state index < -0.39 is 6.10 Å². The Balaban J connectivity index is 1.56. The number of furan rings is 1. The normalized spacial score (nSPS) is 35.8. The zero-order chi connectivity index (χ0) is 17.1. The number of nitrogens with zero attached hydrogens (tertiary/aromatic N) is 2. The summed E-state index contributed by atoms with van der Waals surface area (Å²) in [7, 11) is 1.84. The average molecular weight is 397 g/mol. The van der Waals surface area contributed by atoms with Gasteiger partial charge in [0.05, 0.1) is 5.60 Å². The standard InChI is InChI=1S/C17H21BrN2O4/c1-10-15(21)19(2)9-17(24-10)7-11-3-4-12(8-17)20(11)16(22)13-5-6-14(18)23-13/h5-6,10-12H,3-4,7-9H2,1-2H3. The molecule has 2 bridgehead atoms. The molecule has 3 fully saturated rings. The van der Waals surface area contributed by atoms with E-state index in [4.69, 9.17) is 9.15 Å². The molecule has 4 rings (SSSR count). The van der Waals surface area contributed by atoms with Crippen molar-refractivity contribution < 1.29 is 18.7 Å². The average Bonchev–Trinajstić information content (AvgIpc) is 3.07. The van der Waals surface area contributed by atoms with Gasteiger partial charge in [0.25, 0.3) is 11.8 Å². The van der Waals surface area contributed by atoms with Gasteiger partial charge in [0, 0.05) is 25.7 Å². The van der Waals surface area contributed by atoms with E-state index in [-0.39, 0.29) is 29.5 Å². The molecule has 4 heterocycles. The maximum atomic E-state index is 12.8. The van der Waals surface area contributed by atoms with Crippen molar-refractivity contribution in [2.24, 2.45) is 0 Å². The van der Waals surface area contributed by atoms with Crippen molar-refractivity contribution in [3.05, 3.63) is 22.6 Å². The van der Waals surface area contributed by atoms with E-state index in [1.807, 2.05) is 18.9 Å². The minimum atomic E-state index is -0.411. The highest BCUT2D eigenvalue weighted by molar-refractivity contribution is 9.10. The summed E-state index contributed by atoms with van der Waals surface area (Å²) in [5.41, 5.74) is -0.325. The van der Waals surface area contributed by atoms with Crippen LogP contribution in [0.4, 0.5) is 0 Å². The fourth-order valence-corrected chi connectivity index (χ4v) is 5.01. The van der Waals surface area contributed by atoms with E-state index in [0.29, 0.717) is 17.0 Å². The molecule has 1 aromatic rings. The van der Waals surface area contributed by atoms with Crippen molar-refractivity contribution in [1.82, 2.24) is 9.80 Å². The number of amides is 2. The lowest BCUT2D eigenvalue weighted by atomic mass is 9.83. The van der Waals surface area contributed by atoms with Crippen LogP contribution in [0.15, 0.2) is 21.2 Å². The molecule has 3 aliphatic rings. The number of carbonyl (C=O) groups is 2. The van der Waals surface area contributed by atoms with E-state index >= 15 is 0 Å². The molecule has 6 nitrogen and oxygen atoms in total. The topological polar surface area (TPSA) is 63.0 Å². The Labute approximate surface area is 149 Å². The number of rotatable bonds is 1. The quantitative estimate of drug-likeness (QED) is 0.730. The maximum Gasteiger partial charge on any atom is 0.290 e. The van der Waals surface area contributed by atoms with Gasteiger partial charge in [-0.3, -0.25) is 9.59 Å². The number of carbonyl (C=O) groups excluding carboxylic acids is 2. The van der Waals surface area contributed by atoms with E-state index in [1.165, 1.54) is 0 Å². The Morgan fingerprint density at radius 3 is 2.50 bits per heavy atom. The Hall–Kier alpha value is -1.34. The highest BCUT2D eigenvalue weighted by Gasteiger charge is 2.54. The van der Waals surface area contributed by atoms with Crippen LogP contribution < -0.4 is 0 Å². The molecule has 0 aliphatic carbocycles. The Morgan fingerprint density at radius 1 is 1.29 bits per heavy atom. The van der Waals surface area contributed by atoms with Crippen LogP contribution in [-0.2, 0) is 9.53 Å². The number of hydrogen-bond acceptors (Lipinski definition) is 4. The third-order valence-corrected chi connectivity index (χ3v) is 5.96. The van der Waals surface area contributed by atoms with Crippen molar-refractivity contribution >= 4 is 27.7 Å². The first-order valence-corrected chi connectivity index (χ1v) is 9.19. The fraction of sp³-hybridized carbons (Fsp3) is 0.647. The lowest BCUT2D eigenvalue weighted by Crippen LogP contribution is -2.63. The largest absolute Gasteiger partial charge is 0.444 e. The third kappa shape index (κ3) is 2.49. The SMILES string of the molecule is CC1OC2(CC3CCC(C2)N3C(=O)c2ccc(Br)o2)CN(C)C1=O. The van der Waals surface area contributed by atoms with Crippen molar-refractivity contribution in [3.63, 3.8) is 0 Å². The van der Waals surface area contributed by atoms with E-state index in [0.717, 1.165) is 25.7 Å². The zero-order valence-corrected chi connectivity index (χ0v) is 15.4. The van der Waals surface area contributed by atoms with Gasteiger partial charge in [0.15, 0.2) is 10.4 Å². The molecule has 0 saturated carbocycles. The minimum Gasteiger partial charge on any atom is -0.444 e. The van der Waals surface area contributed by atoms with Crippen LogP contribution in [-0.4, -0.2) is 59.0 Å². The number of likely N-dealkylation sites (N-methyl/N-ethyl adjacent to an activating group) is 1. The summed E-state index contributed by atoms with van der Waals surface area (Å²) in [5.74, 6) is 0.364. The smallest absolute Gasteiger partial charge is 0.290 e. The third-order valence-electron chi connectivity index (χ3n) is 5.53. The van der Waals surface area contributed by atoms with Gasteiger partial charge < -0.3 is 19.0 Å². The number of fused-ring (bicyclic) bond motifs is 2. The summed E-state index contributed by atoms with van der Waals surface area (Å²) in [4.78, 5) is 28.6. The minimum absolute atomic E-state index is 0.0342. The Bertz CT molecular complexity index is 658. The van der Waals surface area contributed by atoms with Gasteiger partial charge >= 0.3 is 0 Å². The van der Waals surface area contributed by atoms with Gasteiger partial charge in [-0.15, -0.1) is 0 Å². The number of piperidine rings is 1. The van der Waals surface area contributed by atoms with Crippen molar-refractivity contribution in [2.45, 2.75) is 56.4 Å². The van der Waals surface area contributed by atoms with Crippen LogP contribution in [0.5, 0.6) is 0 Å². The van der Waals surface area contributed by atoms with Crippen LogP contribution >= 0.6 is 15.9 Å². The molecule has 7 heteroatoms. The van der Waals surface area contributed by atoms with Crippen LogP contribution in [0, 0.1) is 0 Å². The predicted octanol–water partition coefficient (Wildman–Crippen LogP) is 2.43. The lowest BCUT2D eigenvalue weighted by Gasteiger charge is -2.51. The van der Waals surface area contributed by atoms with Gasteiger partial charge in [0.2, 0.25) is 0 Å². The van der Waals surface area contributed by atoms with Crippen LogP contribution in [0.25, 0.3) is 0 Å². The molecule has 130 valence electrons. The summed E-state index contributed by atoms with van der Waals surface area (Å²) in [6, 6.07) is 3.75. The Kier molecular flexibility index (Phi) is 3.76. The Morgan fingerprint density at radius 2 is 1.96 bits per heavy atom. The number of ether oxygens (including phenoxy) is 1. The number of morpholine rings is 1. The molecular formula is C17H21BrN2O4. The van der Waals surface area contributed by atoms with Crippen LogP contribution in [0.3, 0.4) is 0 Å². The molecule has 3 aliphatic heterocycles. The molecule has 3 unspecified atom stereocenters. The van der Waals surface area contributed by atoms with Gasteiger partial charge in [-0.1, -0.05) is 0 Å². The first-order valence-electron chi connectivity index (χ1n) is 8.39. The lowest BCUT2D eigenvalue weighted by molar-refractivity contribution is -0.190. The fourth-order valence-electron chi connectivity index (χ4n) is 4.70. The van der Waals surface area contributed by atoms with Gasteiger partial charge in [-0.05, 0) is 60.7 Å². The molecule has 2 amide bonds. The molecule has 0 N–H and O–H groups in total. The molecule has 1 spiro atoms. The molecule has 3 saturated heterocycles. The van der Waals surface area contributed by atoms with Crippen molar-refractivity contribution in [1.29, 1.82) is 0 Å². The highest BCUT2D eigenvalue weighted by Crippen LogP contribution is 2.45. The van der Waals surface area contributed by atoms with Crippen molar-refractivity contribution in [3.8, 4) is 0 Å². The van der Waals surface area contributed by atoms with Crippen LogP contribution in [0.2, 0.25) is 0 Å². The van der Waals surface area contributed by atoms with Gasteiger partial charge in [-0.2, -0.15) is 0 Å². The van der Waals surface area contributed by atoms with Crippen LogP contribution in [0.1, 0.15) is 43.2 Å². The highest BCUT2D eigenvalue weighted by atomic mass is 79.9. The van der Waals surface area contributed by atoms with Gasteiger partial charge in [0.1, 0.15) is 6.10 Å². The first-order chi connectivity index (χ1) is 11.4. The molecule has 0 aromatic carbocycles. The molecule has 24 heavy (non-hydrogen) atoms. The number of hydrogen-bond donors (Lipinski definition) is 0. The zero-order valence-electron chi connectivity index (χ0n) is 13.8. The van der Waals surface area contributed by atoms with Crippen molar-refractivity contribution in [2.75, 3.05) is 13.6 Å². The summed E-state index contributed by atoms with van der Waals surface area (Å²) in [6.07, 6.45) is 3.11. The summed E-state index contributed by atoms with van der Waals surface area (Å²) in [6.45, 7) is 2.43. The summed E-state index contributed by atoms with van der Waals surface area (Å²) >= 11 is 3.25. The monoisotopic (exact) mass is 396 g/mol. The second-order valence-corrected chi connectivity index (χ2v) is 8.03. The maximum absolute atomic E-state index is 12.8. The number of halogens is 1. The molecule has 0 radical (unpaired) electrons. The molecule has 1 aromatic heterocycles. The van der Waals surface area contributed by atoms with E-state index in [9.17, 15) is 9.59 Å².